The Morgan fingerprint density at radius 3 is 2.14 bits per heavy atom. The molecule has 0 aromatic heterocycles. The van der Waals surface area contributed by atoms with E-state index >= 15 is 0 Å². The zero-order valence-electron chi connectivity index (χ0n) is 19.0. The van der Waals surface area contributed by atoms with Crippen LogP contribution in [0.15, 0.2) is 0 Å². The van der Waals surface area contributed by atoms with Crippen LogP contribution < -0.4 is 0 Å². The molecule has 2 atom stereocenters. The van der Waals surface area contributed by atoms with E-state index in [1.165, 1.54) is 24.2 Å². The van der Waals surface area contributed by atoms with Crippen molar-refractivity contribution in [2.45, 2.75) is 111 Å². The van der Waals surface area contributed by atoms with Crippen molar-refractivity contribution in [3.8, 4) is 0 Å². The van der Waals surface area contributed by atoms with Crippen LogP contribution in [0.25, 0.3) is 0 Å². The molecule has 1 heterocycles. The Hall–Kier alpha value is -1.13. The summed E-state index contributed by atoms with van der Waals surface area (Å²) in [6.45, 7) is 11.7. The van der Waals surface area contributed by atoms with E-state index in [9.17, 15) is 14.4 Å². The van der Waals surface area contributed by atoms with Crippen molar-refractivity contribution in [1.29, 1.82) is 0 Å². The topological polar surface area (TPSA) is 54.5 Å². The molecular weight excluding hydrogens is 349 g/mol. The van der Waals surface area contributed by atoms with Crippen LogP contribution in [0.4, 0.5) is 0 Å². The SMILES string of the molecule is [B]C(=O)C(C)(C)CC(C)(C)N1C(=O)CC(C(CCCC)CCCCCC)C1=O. The van der Waals surface area contributed by atoms with Crippen LogP contribution in [0, 0.1) is 17.3 Å². The average molecular weight is 389 g/mol. The van der Waals surface area contributed by atoms with E-state index in [0.29, 0.717) is 12.8 Å². The monoisotopic (exact) mass is 389 g/mol. The van der Waals surface area contributed by atoms with Gasteiger partial charge in [0.1, 0.15) is 0 Å². The molecule has 2 unspecified atom stereocenters. The lowest BCUT2D eigenvalue weighted by Gasteiger charge is -2.40. The quantitative estimate of drug-likeness (QED) is 0.252. The number of unbranched alkanes of at least 4 members (excludes halogenated alkanes) is 4. The van der Waals surface area contributed by atoms with Gasteiger partial charge in [-0.05, 0) is 39.0 Å². The summed E-state index contributed by atoms with van der Waals surface area (Å²) in [7, 11) is 5.53. The average Bonchev–Trinajstić information content (AvgIpc) is 2.88. The molecule has 1 aliphatic heterocycles. The molecule has 0 aliphatic carbocycles. The molecule has 5 heteroatoms. The number of imide groups is 1. The second-order valence-corrected chi connectivity index (χ2v) is 9.87. The van der Waals surface area contributed by atoms with Crippen LogP contribution in [0.2, 0.25) is 0 Å². The number of nitrogens with zero attached hydrogens (tertiary/aromatic N) is 1. The fourth-order valence-electron chi connectivity index (χ4n) is 4.75. The minimum atomic E-state index is -0.774. The number of hydrogen-bond acceptors (Lipinski definition) is 3. The third kappa shape index (κ3) is 6.45. The summed E-state index contributed by atoms with van der Waals surface area (Å²) >= 11 is 0. The number of carbonyl (C=O) groups excluding carboxylic acids is 3. The minimum Gasteiger partial charge on any atom is -0.312 e. The van der Waals surface area contributed by atoms with Crippen LogP contribution >= 0.6 is 0 Å². The van der Waals surface area contributed by atoms with Gasteiger partial charge in [-0.25, -0.2) is 0 Å². The standard InChI is InChI=1S/C23H40BNO3/c1-7-9-11-12-14-17(13-10-8-2)18-15-19(26)25(20(18)27)23(5,6)16-22(3,4)21(24)28/h17-18H,7-16H2,1-6H3. The van der Waals surface area contributed by atoms with Crippen molar-refractivity contribution in [3.05, 3.63) is 0 Å². The second kappa shape index (κ2) is 10.6. The van der Waals surface area contributed by atoms with Crippen molar-refractivity contribution >= 4 is 25.3 Å². The smallest absolute Gasteiger partial charge is 0.233 e. The van der Waals surface area contributed by atoms with Crippen molar-refractivity contribution < 1.29 is 14.4 Å². The van der Waals surface area contributed by atoms with Gasteiger partial charge in [0.2, 0.25) is 11.8 Å². The number of carbonyl (C=O) groups is 3. The molecule has 158 valence electrons. The maximum Gasteiger partial charge on any atom is 0.233 e. The zero-order chi connectivity index (χ0) is 21.5. The summed E-state index contributed by atoms with van der Waals surface area (Å²) in [6, 6.07) is 0. The van der Waals surface area contributed by atoms with Gasteiger partial charge in [-0.3, -0.25) is 14.5 Å². The third-order valence-corrected chi connectivity index (χ3v) is 6.25. The highest BCUT2D eigenvalue weighted by atomic mass is 16.2. The molecule has 0 aromatic carbocycles. The molecule has 1 aliphatic rings. The summed E-state index contributed by atoms with van der Waals surface area (Å²) in [6.07, 6.45) is 9.62. The molecule has 1 rings (SSSR count). The van der Waals surface area contributed by atoms with E-state index in [1.54, 1.807) is 13.8 Å². The Morgan fingerprint density at radius 2 is 1.61 bits per heavy atom. The molecule has 2 amide bonds. The van der Waals surface area contributed by atoms with Crippen LogP contribution in [0.1, 0.15) is 106 Å². The molecule has 2 radical (unpaired) electrons. The molecule has 0 spiro atoms. The van der Waals surface area contributed by atoms with Gasteiger partial charge < -0.3 is 4.79 Å². The molecule has 0 aromatic rings. The first-order chi connectivity index (χ1) is 13.0. The molecule has 1 fully saturated rings. The van der Waals surface area contributed by atoms with Gasteiger partial charge in [-0.2, -0.15) is 0 Å². The van der Waals surface area contributed by atoms with E-state index in [4.69, 9.17) is 7.85 Å². The predicted molar refractivity (Wildman–Crippen MR) is 115 cm³/mol. The van der Waals surface area contributed by atoms with E-state index < -0.39 is 16.6 Å². The fraction of sp³-hybridized carbons (Fsp3) is 0.870. The summed E-state index contributed by atoms with van der Waals surface area (Å²) in [5, 5.41) is 0. The summed E-state index contributed by atoms with van der Waals surface area (Å²) in [4.78, 5) is 39.4. The largest absolute Gasteiger partial charge is 0.312 e. The van der Waals surface area contributed by atoms with Crippen LogP contribution in [-0.4, -0.2) is 35.8 Å². The van der Waals surface area contributed by atoms with Gasteiger partial charge in [-0.15, -0.1) is 0 Å². The molecule has 1 saturated heterocycles. The number of rotatable bonds is 13. The maximum atomic E-state index is 13.3. The minimum absolute atomic E-state index is 0.0492. The van der Waals surface area contributed by atoms with Gasteiger partial charge >= 0.3 is 0 Å². The Bertz CT molecular complexity index is 556. The van der Waals surface area contributed by atoms with Crippen LogP contribution in [-0.2, 0) is 14.4 Å². The predicted octanol–water partition coefficient (Wildman–Crippen LogP) is 5.03. The Balaban J connectivity index is 2.94. The first-order valence-corrected chi connectivity index (χ1v) is 11.1. The van der Waals surface area contributed by atoms with E-state index in [0.717, 1.165) is 32.1 Å². The van der Waals surface area contributed by atoms with E-state index in [2.05, 4.69) is 13.8 Å². The number of amides is 2. The van der Waals surface area contributed by atoms with Crippen molar-refractivity contribution in [1.82, 2.24) is 4.90 Å². The fourth-order valence-corrected chi connectivity index (χ4v) is 4.75. The Morgan fingerprint density at radius 1 is 1.04 bits per heavy atom. The first-order valence-electron chi connectivity index (χ1n) is 11.1. The van der Waals surface area contributed by atoms with Crippen LogP contribution in [0.3, 0.4) is 0 Å². The highest BCUT2D eigenvalue weighted by Gasteiger charge is 2.49. The van der Waals surface area contributed by atoms with Gasteiger partial charge in [0, 0.05) is 17.4 Å². The summed E-state index contributed by atoms with van der Waals surface area (Å²) < 4.78 is 0. The molecular formula is C23H40BNO3. The first kappa shape index (κ1) is 24.9. The van der Waals surface area contributed by atoms with E-state index in [1.807, 2.05) is 13.8 Å². The van der Waals surface area contributed by atoms with Gasteiger partial charge in [-0.1, -0.05) is 66.2 Å². The van der Waals surface area contributed by atoms with E-state index in [-0.39, 0.29) is 23.7 Å². The molecule has 28 heavy (non-hydrogen) atoms. The lowest BCUT2D eigenvalue weighted by Crippen LogP contribution is -2.51. The summed E-state index contributed by atoms with van der Waals surface area (Å²) in [5.74, 6) is -0.0861. The molecule has 0 bridgehead atoms. The summed E-state index contributed by atoms with van der Waals surface area (Å²) in [5.41, 5.74) is -1.91. The number of hydrogen-bond donors (Lipinski definition) is 0. The molecule has 0 saturated carbocycles. The Labute approximate surface area is 173 Å². The van der Waals surface area contributed by atoms with Crippen LogP contribution in [0.5, 0.6) is 0 Å². The van der Waals surface area contributed by atoms with Crippen molar-refractivity contribution in [2.24, 2.45) is 17.3 Å². The lowest BCUT2D eigenvalue weighted by atomic mass is 9.70. The van der Waals surface area contributed by atoms with Crippen molar-refractivity contribution in [3.63, 3.8) is 0 Å². The number of likely N-dealkylation sites (tertiary alicyclic amines) is 1. The van der Waals surface area contributed by atoms with Gasteiger partial charge in [0.15, 0.2) is 7.85 Å². The third-order valence-electron chi connectivity index (χ3n) is 6.25. The lowest BCUT2D eigenvalue weighted by molar-refractivity contribution is -0.148. The maximum absolute atomic E-state index is 13.3. The van der Waals surface area contributed by atoms with Gasteiger partial charge in [0.25, 0.3) is 0 Å². The normalized spacial score (nSPS) is 19.4. The zero-order valence-corrected chi connectivity index (χ0v) is 19.0. The Kier molecular flexibility index (Phi) is 9.43. The van der Waals surface area contributed by atoms with Gasteiger partial charge in [0.05, 0.1) is 11.6 Å². The molecule has 4 nitrogen and oxygen atoms in total. The highest BCUT2D eigenvalue weighted by Crippen LogP contribution is 2.40. The molecule has 0 N–H and O–H groups in total. The highest BCUT2D eigenvalue weighted by molar-refractivity contribution is 6.58. The second-order valence-electron chi connectivity index (χ2n) is 9.87. The van der Waals surface area contributed by atoms with Crippen molar-refractivity contribution in [2.75, 3.05) is 0 Å².